The van der Waals surface area contributed by atoms with Gasteiger partial charge < -0.3 is 10.3 Å². The Labute approximate surface area is 125 Å². The minimum absolute atomic E-state index is 0.121. The highest BCUT2D eigenvalue weighted by atomic mass is 32.2. The average Bonchev–Trinajstić information content (AvgIpc) is 3.07. The Morgan fingerprint density at radius 2 is 2.05 bits per heavy atom. The molecule has 1 aliphatic carbocycles. The van der Waals surface area contributed by atoms with E-state index in [9.17, 15) is 8.42 Å². The topological polar surface area (TPSA) is 99.1 Å². The van der Waals surface area contributed by atoms with Crippen molar-refractivity contribution < 1.29 is 12.9 Å². The molecule has 1 aromatic heterocycles. The lowest BCUT2D eigenvalue weighted by molar-refractivity contribution is 0.191. The second-order valence-corrected chi connectivity index (χ2v) is 8.95. The number of nitrogens with two attached hydrogens (primary N) is 1. The number of hydrogen-bond donors (Lipinski definition) is 1. The van der Waals surface area contributed by atoms with E-state index in [2.05, 4.69) is 17.1 Å². The monoisotopic (exact) mass is 313 g/mol. The van der Waals surface area contributed by atoms with Gasteiger partial charge in [-0.2, -0.15) is 4.98 Å². The van der Waals surface area contributed by atoms with Gasteiger partial charge in [-0.15, -0.1) is 0 Å². The predicted octanol–water partition coefficient (Wildman–Crippen LogP) is 1.38. The van der Waals surface area contributed by atoms with Gasteiger partial charge in [0.1, 0.15) is 0 Å². The molecule has 0 amide bonds. The fraction of sp³-hybridized carbons (Fsp3) is 0.857. The van der Waals surface area contributed by atoms with Crippen molar-refractivity contribution in [1.82, 2.24) is 10.1 Å². The Hall–Kier alpha value is -0.950. The van der Waals surface area contributed by atoms with Crippen molar-refractivity contribution in [3.63, 3.8) is 0 Å². The van der Waals surface area contributed by atoms with Gasteiger partial charge in [0.15, 0.2) is 15.7 Å². The molecule has 2 heterocycles. The molecule has 3 rings (SSSR count). The fourth-order valence-electron chi connectivity index (χ4n) is 3.43. The summed E-state index contributed by atoms with van der Waals surface area (Å²) in [6.45, 7) is 2.76. The summed E-state index contributed by atoms with van der Waals surface area (Å²) in [5.41, 5.74) is 5.78. The van der Waals surface area contributed by atoms with Crippen molar-refractivity contribution in [3.05, 3.63) is 11.7 Å². The Kier molecular flexibility index (Phi) is 3.81. The van der Waals surface area contributed by atoms with Crippen LogP contribution < -0.4 is 5.73 Å². The highest BCUT2D eigenvalue weighted by Crippen LogP contribution is 2.40. The zero-order valence-corrected chi connectivity index (χ0v) is 13.2. The molecule has 0 radical (unpaired) electrons. The summed E-state index contributed by atoms with van der Waals surface area (Å²) >= 11 is 0. The average molecular weight is 313 g/mol. The van der Waals surface area contributed by atoms with Crippen LogP contribution in [-0.4, -0.2) is 36.6 Å². The van der Waals surface area contributed by atoms with Gasteiger partial charge in [-0.25, -0.2) is 8.42 Å². The van der Waals surface area contributed by atoms with E-state index < -0.39 is 9.84 Å². The Morgan fingerprint density at radius 3 is 2.62 bits per heavy atom. The van der Waals surface area contributed by atoms with Crippen LogP contribution in [0.15, 0.2) is 4.52 Å². The summed E-state index contributed by atoms with van der Waals surface area (Å²) in [6.07, 6.45) is 4.76. The van der Waals surface area contributed by atoms with Gasteiger partial charge in [0, 0.05) is 12.5 Å². The van der Waals surface area contributed by atoms with Crippen LogP contribution in [0.5, 0.6) is 0 Å². The summed E-state index contributed by atoms with van der Waals surface area (Å²) in [7, 11) is -2.93. The minimum atomic E-state index is -2.93. The van der Waals surface area contributed by atoms with Crippen molar-refractivity contribution in [3.8, 4) is 0 Å². The molecule has 1 saturated carbocycles. The zero-order valence-electron chi connectivity index (χ0n) is 12.4. The fourth-order valence-corrected chi connectivity index (χ4v) is 5.17. The number of nitrogens with zero attached hydrogens (tertiary/aromatic N) is 2. The number of sulfone groups is 1. The van der Waals surface area contributed by atoms with Gasteiger partial charge in [-0.1, -0.05) is 12.1 Å². The first-order valence-electron chi connectivity index (χ1n) is 7.69. The molecule has 1 aromatic rings. The molecule has 1 aliphatic heterocycles. The van der Waals surface area contributed by atoms with E-state index in [1.807, 2.05) is 0 Å². The highest BCUT2D eigenvalue weighted by Gasteiger charge is 2.41. The van der Waals surface area contributed by atoms with E-state index in [4.69, 9.17) is 10.3 Å². The van der Waals surface area contributed by atoms with Crippen LogP contribution in [0.25, 0.3) is 0 Å². The lowest BCUT2D eigenvalue weighted by Gasteiger charge is -2.35. The van der Waals surface area contributed by atoms with Gasteiger partial charge >= 0.3 is 0 Å². The summed E-state index contributed by atoms with van der Waals surface area (Å²) in [4.78, 5) is 4.53. The number of aromatic nitrogens is 2. The van der Waals surface area contributed by atoms with Gasteiger partial charge in [0.2, 0.25) is 5.89 Å². The van der Waals surface area contributed by atoms with Gasteiger partial charge in [0.25, 0.3) is 0 Å². The zero-order chi connectivity index (χ0) is 15.1. The second-order valence-electron chi connectivity index (χ2n) is 6.72. The molecule has 0 bridgehead atoms. The van der Waals surface area contributed by atoms with Gasteiger partial charge in [-0.3, -0.25) is 0 Å². The van der Waals surface area contributed by atoms with Gasteiger partial charge in [0.05, 0.1) is 16.9 Å². The molecule has 6 nitrogen and oxygen atoms in total. The minimum Gasteiger partial charge on any atom is -0.339 e. The normalized spacial score (nSPS) is 35.9. The predicted molar refractivity (Wildman–Crippen MR) is 78.7 cm³/mol. The third-order valence-electron chi connectivity index (χ3n) is 5.12. The van der Waals surface area contributed by atoms with Crippen molar-refractivity contribution in [2.24, 2.45) is 11.7 Å². The lowest BCUT2D eigenvalue weighted by Crippen LogP contribution is -2.39. The molecule has 7 heteroatoms. The van der Waals surface area contributed by atoms with Crippen LogP contribution in [0.1, 0.15) is 56.7 Å². The van der Waals surface area contributed by atoms with E-state index in [0.717, 1.165) is 25.7 Å². The molecule has 2 aliphatic rings. The van der Waals surface area contributed by atoms with Crippen molar-refractivity contribution in [2.75, 3.05) is 18.1 Å². The van der Waals surface area contributed by atoms with E-state index in [0.29, 0.717) is 30.6 Å². The molecule has 1 atom stereocenters. The van der Waals surface area contributed by atoms with Crippen LogP contribution in [0.3, 0.4) is 0 Å². The molecular formula is C14H23N3O3S. The molecule has 2 N–H and O–H groups in total. The first-order chi connectivity index (χ1) is 9.94. The van der Waals surface area contributed by atoms with Crippen LogP contribution >= 0.6 is 0 Å². The van der Waals surface area contributed by atoms with E-state index >= 15 is 0 Å². The second kappa shape index (κ2) is 5.35. The molecule has 1 unspecified atom stereocenters. The van der Waals surface area contributed by atoms with Crippen LogP contribution in [-0.2, 0) is 15.3 Å². The maximum absolute atomic E-state index is 11.6. The Balaban J connectivity index is 1.81. The summed E-state index contributed by atoms with van der Waals surface area (Å²) in [6, 6.07) is 0. The quantitative estimate of drug-likeness (QED) is 0.905. The maximum Gasteiger partial charge on any atom is 0.234 e. The van der Waals surface area contributed by atoms with Crippen LogP contribution in [0.2, 0.25) is 0 Å². The Morgan fingerprint density at radius 1 is 1.33 bits per heavy atom. The first-order valence-corrected chi connectivity index (χ1v) is 9.51. The Bertz CT molecular complexity index is 603. The van der Waals surface area contributed by atoms with Crippen LogP contribution in [0.4, 0.5) is 0 Å². The van der Waals surface area contributed by atoms with Crippen LogP contribution in [0, 0.1) is 5.92 Å². The maximum atomic E-state index is 11.6. The molecule has 0 aromatic carbocycles. The molecule has 21 heavy (non-hydrogen) atoms. The smallest absolute Gasteiger partial charge is 0.234 e. The van der Waals surface area contributed by atoms with Crippen molar-refractivity contribution in [1.29, 1.82) is 0 Å². The van der Waals surface area contributed by atoms with Gasteiger partial charge in [-0.05, 0) is 38.0 Å². The number of hydrogen-bond acceptors (Lipinski definition) is 6. The molecular weight excluding hydrogens is 290 g/mol. The molecule has 1 saturated heterocycles. The molecule has 118 valence electrons. The number of rotatable bonds is 3. The SMILES string of the molecule is CC1CCC(CN)(c2nc(C3CCS(=O)(=O)C3)no2)CC1. The van der Waals surface area contributed by atoms with Crippen molar-refractivity contribution in [2.45, 2.75) is 50.4 Å². The molecule has 2 fully saturated rings. The van der Waals surface area contributed by atoms with E-state index in [1.165, 1.54) is 0 Å². The third-order valence-corrected chi connectivity index (χ3v) is 6.88. The van der Waals surface area contributed by atoms with E-state index in [-0.39, 0.29) is 22.8 Å². The highest BCUT2D eigenvalue weighted by molar-refractivity contribution is 7.91. The first kappa shape index (κ1) is 15.0. The summed E-state index contributed by atoms with van der Waals surface area (Å²) in [5, 5.41) is 4.04. The van der Waals surface area contributed by atoms with Crippen molar-refractivity contribution >= 4 is 9.84 Å². The standard InChI is InChI=1S/C14H23N3O3S/c1-10-2-5-14(9-15,6-3-10)13-16-12(17-20-13)11-4-7-21(18,19)8-11/h10-11H,2-9,15H2,1H3. The third kappa shape index (κ3) is 2.85. The lowest BCUT2D eigenvalue weighted by atomic mass is 9.71. The van der Waals surface area contributed by atoms with E-state index in [1.54, 1.807) is 0 Å². The summed E-state index contributed by atoms with van der Waals surface area (Å²) < 4.78 is 28.6. The molecule has 0 spiro atoms. The largest absolute Gasteiger partial charge is 0.339 e. The summed E-state index contributed by atoms with van der Waals surface area (Å²) in [5.74, 6) is 2.10.